The van der Waals surface area contributed by atoms with Gasteiger partial charge in [-0.15, -0.1) is 0 Å². The summed E-state index contributed by atoms with van der Waals surface area (Å²) in [7, 11) is -10.1. The molecule has 0 saturated carbocycles. The van der Waals surface area contributed by atoms with Crippen molar-refractivity contribution in [3.63, 3.8) is 0 Å². The number of carboxylic acids is 1. The summed E-state index contributed by atoms with van der Waals surface area (Å²) in [5.41, 5.74) is 0. The lowest BCUT2D eigenvalue weighted by molar-refractivity contribution is -0.141. The fourth-order valence-electron chi connectivity index (χ4n) is 0.211. The summed E-state index contributed by atoms with van der Waals surface area (Å²) < 4.78 is 57.7. The lowest BCUT2D eigenvalue weighted by atomic mass is 10.8. The maximum absolute atomic E-state index is 10.4. The maximum atomic E-state index is 10.4. The van der Waals surface area contributed by atoms with Crippen LogP contribution in [0, 0.1) is 0 Å². The van der Waals surface area contributed by atoms with E-state index in [-0.39, 0.29) is 0 Å². The Morgan fingerprint density at radius 3 is 2.00 bits per heavy atom. The summed E-state index contributed by atoms with van der Waals surface area (Å²) in [6, 6.07) is 0. The van der Waals surface area contributed by atoms with Crippen molar-refractivity contribution in [2.24, 2.45) is 0 Å². The van der Waals surface area contributed by atoms with Gasteiger partial charge in [0.25, 0.3) is 0 Å². The molecule has 0 radical (unpaired) electrons. The van der Waals surface area contributed by atoms with Crippen molar-refractivity contribution in [2.45, 2.75) is 0 Å². The highest BCUT2D eigenvalue weighted by Gasteiger charge is 2.19. The number of hydrogen-bond acceptors (Lipinski definition) is 8. The summed E-state index contributed by atoms with van der Waals surface area (Å²) in [5.74, 6) is -1.64. The third kappa shape index (κ3) is 7.84. The van der Waals surface area contributed by atoms with Crippen LogP contribution in [-0.2, 0) is 38.4 Å². The molecule has 0 amide bonds. The molecule has 0 atom stereocenters. The van der Waals surface area contributed by atoms with E-state index in [1.807, 2.05) is 0 Å². The molecule has 0 fully saturated rings. The molecule has 0 aliphatic rings. The van der Waals surface area contributed by atoms with Gasteiger partial charge in [0, 0.05) is 0 Å². The lowest BCUT2D eigenvalue weighted by Gasteiger charge is -1.99. The zero-order chi connectivity index (χ0) is 11.4. The first kappa shape index (κ1) is 13.2. The minimum Gasteiger partial charge on any atom is -0.479 e. The first-order valence-corrected chi connectivity index (χ1v) is 5.28. The van der Waals surface area contributed by atoms with Crippen LogP contribution in [0.15, 0.2) is 0 Å². The summed E-state index contributed by atoms with van der Waals surface area (Å²) in [4.78, 5) is 9.79. The molecule has 0 aromatic rings. The summed E-state index contributed by atoms with van der Waals surface area (Å²) in [6.07, 6.45) is 0. The highest BCUT2D eigenvalue weighted by Crippen LogP contribution is 1.99. The average Bonchev–Trinajstić information content (AvgIpc) is 1.97. The molecule has 10 nitrogen and oxygen atoms in total. The monoisotopic (exact) mass is 252 g/mol. The van der Waals surface area contributed by atoms with E-state index in [0.29, 0.717) is 0 Å². The van der Waals surface area contributed by atoms with Gasteiger partial charge in [-0.25, -0.2) is 8.98 Å². The third-order valence-corrected chi connectivity index (χ3v) is 1.49. The highest BCUT2D eigenvalue weighted by molar-refractivity contribution is 7.83. The van der Waals surface area contributed by atoms with Gasteiger partial charge < -0.3 is 5.11 Å². The van der Waals surface area contributed by atoms with Crippen molar-refractivity contribution in [3.8, 4) is 0 Å². The highest BCUT2D eigenvalue weighted by atomic mass is 32.3. The molecule has 12 heteroatoms. The quantitative estimate of drug-likeness (QED) is 0.310. The molecule has 0 aliphatic heterocycles. The van der Waals surface area contributed by atoms with E-state index >= 15 is 0 Å². The van der Waals surface area contributed by atoms with Crippen LogP contribution in [0.25, 0.3) is 0 Å². The van der Waals surface area contributed by atoms with Crippen LogP contribution >= 0.6 is 0 Å². The van der Waals surface area contributed by atoms with Gasteiger partial charge in [0.2, 0.25) is 0 Å². The molecule has 0 saturated heterocycles. The Hall–Kier alpha value is -0.790. The first-order chi connectivity index (χ1) is 6.12. The van der Waals surface area contributed by atoms with Crippen LogP contribution in [0.4, 0.5) is 0 Å². The molecule has 0 aliphatic carbocycles. The van der Waals surface area contributed by atoms with Crippen molar-refractivity contribution in [2.75, 3.05) is 6.61 Å². The van der Waals surface area contributed by atoms with Gasteiger partial charge in [0.05, 0.1) is 0 Å². The van der Waals surface area contributed by atoms with Crippen molar-refractivity contribution >= 4 is 26.8 Å². The Bertz CT molecular complexity index is 386. The van der Waals surface area contributed by atoms with Gasteiger partial charge in [-0.3, -0.25) is 4.55 Å². The Morgan fingerprint density at radius 1 is 1.14 bits per heavy atom. The predicted molar refractivity (Wildman–Crippen MR) is 36.2 cm³/mol. The topological polar surface area (TPSA) is 154 Å². The molecule has 0 bridgehead atoms. The van der Waals surface area contributed by atoms with Crippen molar-refractivity contribution in [3.05, 3.63) is 0 Å². The summed E-state index contributed by atoms with van der Waals surface area (Å²) in [6.45, 7) is -1.28. The summed E-state index contributed by atoms with van der Waals surface area (Å²) in [5, 5.41) is 7.95. The molecule has 2 N–H and O–H groups in total. The second-order valence-electron chi connectivity index (χ2n) is 1.63. The first-order valence-electron chi connectivity index (χ1n) is 2.59. The number of rotatable bonds is 6. The van der Waals surface area contributed by atoms with Crippen LogP contribution in [0.1, 0.15) is 0 Å². The van der Waals surface area contributed by atoms with Gasteiger partial charge in [0.15, 0.2) is 6.61 Å². The Balaban J connectivity index is 4.17. The zero-order valence-electron chi connectivity index (χ0n) is 6.18. The van der Waals surface area contributed by atoms with E-state index < -0.39 is 33.4 Å². The average molecular weight is 252 g/mol. The van der Waals surface area contributed by atoms with Crippen molar-refractivity contribution in [1.29, 1.82) is 0 Å². The van der Waals surface area contributed by atoms with Gasteiger partial charge >= 0.3 is 26.8 Å². The molecule has 0 rings (SSSR count). The van der Waals surface area contributed by atoms with Crippen molar-refractivity contribution in [1.82, 2.24) is 0 Å². The second-order valence-corrected chi connectivity index (χ2v) is 3.81. The molecular weight excluding hydrogens is 248 g/mol. The number of carbonyl (C=O) groups is 1. The van der Waals surface area contributed by atoms with E-state index in [1.165, 1.54) is 0 Å². The Kier molecular flexibility index (Phi) is 4.37. The number of hydrogen-bond donors (Lipinski definition) is 2. The van der Waals surface area contributed by atoms with Gasteiger partial charge in [-0.05, 0) is 0 Å². The van der Waals surface area contributed by atoms with E-state index in [4.69, 9.17) is 9.66 Å². The minimum atomic E-state index is -5.12. The Morgan fingerprint density at radius 2 is 1.64 bits per heavy atom. The fourth-order valence-corrected chi connectivity index (χ4v) is 1.05. The minimum absolute atomic E-state index is 1.28. The predicted octanol–water partition coefficient (Wildman–Crippen LogP) is -1.92. The fraction of sp³-hybridized carbons (Fsp3) is 0.500. The van der Waals surface area contributed by atoms with Gasteiger partial charge in [-0.1, -0.05) is 8.67 Å². The largest absolute Gasteiger partial charge is 0.479 e. The van der Waals surface area contributed by atoms with Gasteiger partial charge in [0.1, 0.15) is 0 Å². The number of aliphatic carboxylic acids is 1. The molecular formula is C2H4O10S2. The van der Waals surface area contributed by atoms with E-state index in [1.54, 1.807) is 0 Å². The van der Waals surface area contributed by atoms with Crippen LogP contribution < -0.4 is 0 Å². The van der Waals surface area contributed by atoms with E-state index in [9.17, 15) is 21.6 Å². The third-order valence-electron chi connectivity index (χ3n) is 0.524. The summed E-state index contributed by atoms with van der Waals surface area (Å²) >= 11 is 0. The molecule has 0 spiro atoms. The zero-order valence-corrected chi connectivity index (χ0v) is 7.82. The van der Waals surface area contributed by atoms with Crippen LogP contribution in [0.5, 0.6) is 0 Å². The molecule has 14 heavy (non-hydrogen) atoms. The van der Waals surface area contributed by atoms with Crippen LogP contribution in [0.3, 0.4) is 0 Å². The molecule has 0 aromatic carbocycles. The molecule has 0 heterocycles. The lowest BCUT2D eigenvalue weighted by Crippen LogP contribution is -2.17. The van der Waals surface area contributed by atoms with Crippen molar-refractivity contribution < 1.29 is 44.1 Å². The Labute approximate surface area is 78.2 Å². The van der Waals surface area contributed by atoms with Crippen LogP contribution in [0.2, 0.25) is 0 Å². The molecule has 84 valence electrons. The number of carboxylic acid groups (broad SMARTS) is 1. The van der Waals surface area contributed by atoms with E-state index in [2.05, 4.69) is 12.9 Å². The van der Waals surface area contributed by atoms with E-state index in [0.717, 1.165) is 0 Å². The molecule has 0 aromatic heterocycles. The smallest absolute Gasteiger partial charge is 0.428 e. The second kappa shape index (κ2) is 4.63. The maximum Gasteiger partial charge on any atom is 0.428 e. The van der Waals surface area contributed by atoms with Gasteiger partial charge in [-0.2, -0.15) is 16.8 Å². The van der Waals surface area contributed by atoms with Crippen LogP contribution in [-0.4, -0.2) is 39.1 Å². The SMILES string of the molecule is O=C(O)COS(=O)(=O)OOS(=O)(=O)O. The molecule has 0 unspecified atom stereocenters. The normalized spacial score (nSPS) is 12.6. The standard InChI is InChI=1S/C2H4O10S2/c3-2(4)1-10-14(8,9)12-11-13(5,6)7/h1H2,(H,3,4)(H,5,6,7).